The van der Waals surface area contributed by atoms with Crippen molar-refractivity contribution in [1.82, 2.24) is 0 Å². The molecule has 2 N–H and O–H groups in total. The maximum absolute atomic E-state index is 10.4. The predicted octanol–water partition coefficient (Wildman–Crippen LogP) is 7.31. The van der Waals surface area contributed by atoms with Gasteiger partial charge in [-0.3, -0.25) is 0 Å². The molecule has 1 fully saturated rings. The summed E-state index contributed by atoms with van der Waals surface area (Å²) in [6.45, 7) is 7.88. The van der Waals surface area contributed by atoms with E-state index in [4.69, 9.17) is 14.6 Å². The lowest BCUT2D eigenvalue weighted by Gasteiger charge is -2.27. The molecule has 1 atom stereocenters. The molecule has 1 heterocycles. The van der Waals surface area contributed by atoms with E-state index in [1.807, 2.05) is 0 Å². The molecule has 0 bridgehead atoms. The van der Waals surface area contributed by atoms with E-state index >= 15 is 0 Å². The number of aliphatic carboxylic acids is 1. The van der Waals surface area contributed by atoms with Gasteiger partial charge >= 0.3 is 5.97 Å². The van der Waals surface area contributed by atoms with E-state index < -0.39 is 20.4 Å². The van der Waals surface area contributed by atoms with Gasteiger partial charge in [0.25, 0.3) is 0 Å². The van der Waals surface area contributed by atoms with Crippen LogP contribution in [0.1, 0.15) is 116 Å². The van der Waals surface area contributed by atoms with Gasteiger partial charge in [0.2, 0.25) is 0 Å². The fourth-order valence-corrected chi connectivity index (χ4v) is 5.67. The lowest BCUT2D eigenvalue weighted by Crippen LogP contribution is -2.33. The Balaban J connectivity index is 0.000000807. The summed E-state index contributed by atoms with van der Waals surface area (Å²) in [4.78, 5) is 10.4. The van der Waals surface area contributed by atoms with Crippen LogP contribution >= 0.6 is 0 Å². The van der Waals surface area contributed by atoms with Crippen molar-refractivity contribution < 1.29 is 19.4 Å². The Morgan fingerprint density at radius 1 is 0.828 bits per heavy atom. The number of carboxylic acids is 1. The Morgan fingerprint density at radius 3 is 1.59 bits per heavy atom. The van der Waals surface area contributed by atoms with Crippen molar-refractivity contribution in [3.05, 3.63) is 0 Å². The zero-order valence-electron chi connectivity index (χ0n) is 19.7. The average molecular weight is 431 g/mol. The van der Waals surface area contributed by atoms with Crippen LogP contribution in [0.15, 0.2) is 0 Å². The Bertz CT molecular complexity index is 366. The number of carbonyl (C=O) groups is 1. The van der Waals surface area contributed by atoms with E-state index in [2.05, 4.69) is 20.0 Å². The molecule has 0 aromatic rings. The Kier molecular flexibility index (Phi) is 19.3. The third-order valence-electron chi connectivity index (χ3n) is 5.78. The first kappa shape index (κ1) is 28.6. The van der Waals surface area contributed by atoms with Crippen molar-refractivity contribution in [2.45, 2.75) is 141 Å². The lowest BCUT2D eigenvalue weighted by atomic mass is 10.0. The fourth-order valence-electron chi connectivity index (χ4n) is 3.73. The standard InChI is InChI=1S/C18H36O3.C6H14OSi/c1-2-3-4-5-6-7-8-9-10-11-12-13-14-15-16-17(19)18(20)21;1-8(2)6-4-3-5-7-8/h17,19H,2-16H2,1H3,(H,20,21);3-6H2,1-2H3. The Morgan fingerprint density at radius 2 is 1.28 bits per heavy atom. The zero-order valence-corrected chi connectivity index (χ0v) is 20.7. The van der Waals surface area contributed by atoms with Crippen LogP contribution < -0.4 is 0 Å². The highest BCUT2D eigenvalue weighted by molar-refractivity contribution is 6.71. The highest BCUT2D eigenvalue weighted by Gasteiger charge is 2.24. The number of unbranched alkanes of at least 4 members (excludes halogenated alkanes) is 13. The molecule has 1 rings (SSSR count). The number of rotatable bonds is 16. The first-order chi connectivity index (χ1) is 13.9. The number of hydrogen-bond acceptors (Lipinski definition) is 3. The second-order valence-corrected chi connectivity index (χ2v) is 13.6. The molecule has 0 radical (unpaired) electrons. The molecule has 29 heavy (non-hydrogen) atoms. The summed E-state index contributed by atoms with van der Waals surface area (Å²) in [6, 6.07) is 1.37. The van der Waals surface area contributed by atoms with Gasteiger partial charge in [-0.05, 0) is 32.0 Å². The maximum Gasteiger partial charge on any atom is 0.332 e. The van der Waals surface area contributed by atoms with Gasteiger partial charge < -0.3 is 14.6 Å². The Hall–Kier alpha value is -0.393. The highest BCUT2D eigenvalue weighted by Crippen LogP contribution is 2.20. The molecule has 174 valence electrons. The monoisotopic (exact) mass is 430 g/mol. The molecule has 0 spiro atoms. The SMILES string of the molecule is CCCCCCCCCCCCCCCCC(O)C(=O)O.C[Si]1(C)CCCCO1. The molecule has 0 aromatic heterocycles. The molecular formula is C24H50O4Si. The van der Waals surface area contributed by atoms with Crippen LogP contribution in [0.5, 0.6) is 0 Å². The fraction of sp³-hybridized carbons (Fsp3) is 0.958. The summed E-state index contributed by atoms with van der Waals surface area (Å²) in [6.07, 6.45) is 20.0. The van der Waals surface area contributed by atoms with Crippen LogP contribution in [0.3, 0.4) is 0 Å². The molecule has 0 saturated carbocycles. The van der Waals surface area contributed by atoms with Gasteiger partial charge in [0.1, 0.15) is 0 Å². The van der Waals surface area contributed by atoms with E-state index in [0.717, 1.165) is 19.4 Å². The molecule has 1 aliphatic rings. The zero-order chi connectivity index (χ0) is 21.8. The van der Waals surface area contributed by atoms with Gasteiger partial charge in [-0.15, -0.1) is 0 Å². The van der Waals surface area contributed by atoms with Crippen molar-refractivity contribution in [1.29, 1.82) is 0 Å². The number of carboxylic acid groups (broad SMARTS) is 1. The summed E-state index contributed by atoms with van der Waals surface area (Å²) in [5.41, 5.74) is 0. The van der Waals surface area contributed by atoms with Crippen molar-refractivity contribution in [2.75, 3.05) is 6.61 Å². The Labute approximate surface area is 182 Å². The van der Waals surface area contributed by atoms with Crippen molar-refractivity contribution in [3.8, 4) is 0 Å². The van der Waals surface area contributed by atoms with Gasteiger partial charge in [-0.1, -0.05) is 103 Å². The summed E-state index contributed by atoms with van der Waals surface area (Å²) in [5, 5.41) is 17.7. The minimum absolute atomic E-state index is 0.396. The number of aliphatic hydroxyl groups is 1. The first-order valence-electron chi connectivity index (χ1n) is 12.4. The molecule has 1 aliphatic heterocycles. The van der Waals surface area contributed by atoms with E-state index in [1.54, 1.807) is 0 Å². The topological polar surface area (TPSA) is 66.8 Å². The average Bonchev–Trinajstić information content (AvgIpc) is 2.68. The highest BCUT2D eigenvalue weighted by atomic mass is 28.4. The summed E-state index contributed by atoms with van der Waals surface area (Å²) in [5.74, 6) is -1.09. The van der Waals surface area contributed by atoms with E-state index in [9.17, 15) is 4.79 Å². The summed E-state index contributed by atoms with van der Waals surface area (Å²) < 4.78 is 5.60. The van der Waals surface area contributed by atoms with Crippen molar-refractivity contribution in [2.24, 2.45) is 0 Å². The maximum atomic E-state index is 10.4. The molecule has 1 saturated heterocycles. The molecule has 0 aliphatic carbocycles. The minimum atomic E-state index is -1.16. The van der Waals surface area contributed by atoms with Crippen LogP contribution in [0, 0.1) is 0 Å². The predicted molar refractivity (Wildman–Crippen MR) is 126 cm³/mol. The first-order valence-corrected chi connectivity index (χ1v) is 15.6. The third kappa shape index (κ3) is 20.7. The van der Waals surface area contributed by atoms with Gasteiger partial charge in [0.05, 0.1) is 0 Å². The van der Waals surface area contributed by atoms with E-state index in [-0.39, 0.29) is 0 Å². The van der Waals surface area contributed by atoms with Gasteiger partial charge in [-0.25, -0.2) is 4.79 Å². The lowest BCUT2D eigenvalue weighted by molar-refractivity contribution is -0.146. The minimum Gasteiger partial charge on any atom is -0.479 e. The van der Waals surface area contributed by atoms with Gasteiger partial charge in [-0.2, -0.15) is 0 Å². The largest absolute Gasteiger partial charge is 0.479 e. The van der Waals surface area contributed by atoms with Crippen LogP contribution in [-0.4, -0.2) is 37.2 Å². The van der Waals surface area contributed by atoms with Crippen LogP contribution in [-0.2, 0) is 9.22 Å². The smallest absolute Gasteiger partial charge is 0.332 e. The quantitative estimate of drug-likeness (QED) is 0.199. The summed E-state index contributed by atoms with van der Waals surface area (Å²) in [7, 11) is -1.09. The molecule has 4 nitrogen and oxygen atoms in total. The second kappa shape index (κ2) is 19.6. The third-order valence-corrected chi connectivity index (χ3v) is 8.33. The molecule has 1 unspecified atom stereocenters. The van der Waals surface area contributed by atoms with Crippen molar-refractivity contribution in [3.63, 3.8) is 0 Å². The van der Waals surface area contributed by atoms with Crippen LogP contribution in [0.4, 0.5) is 0 Å². The van der Waals surface area contributed by atoms with Crippen LogP contribution in [0.25, 0.3) is 0 Å². The summed E-state index contributed by atoms with van der Waals surface area (Å²) >= 11 is 0. The van der Waals surface area contributed by atoms with Gasteiger partial charge in [0.15, 0.2) is 14.4 Å². The second-order valence-electron chi connectivity index (χ2n) is 9.30. The van der Waals surface area contributed by atoms with E-state index in [1.165, 1.54) is 95.9 Å². The molecule has 5 heteroatoms. The number of hydrogen-bond donors (Lipinski definition) is 2. The molecule has 0 amide bonds. The molecule has 0 aromatic carbocycles. The van der Waals surface area contributed by atoms with E-state index in [0.29, 0.717) is 6.42 Å². The van der Waals surface area contributed by atoms with Crippen LogP contribution in [0.2, 0.25) is 19.1 Å². The van der Waals surface area contributed by atoms with Crippen molar-refractivity contribution >= 4 is 14.3 Å². The molecular weight excluding hydrogens is 380 g/mol. The van der Waals surface area contributed by atoms with Gasteiger partial charge in [0, 0.05) is 6.61 Å². The normalized spacial score (nSPS) is 16.7. The number of aliphatic hydroxyl groups excluding tert-OH is 1.